The highest BCUT2D eigenvalue weighted by Gasteiger charge is 2.28. The predicted molar refractivity (Wildman–Crippen MR) is 162 cm³/mol. The molecule has 3 aromatic carbocycles. The van der Waals surface area contributed by atoms with Crippen LogP contribution >= 0.6 is 57.5 Å². The molecule has 3 heterocycles. The van der Waals surface area contributed by atoms with E-state index in [9.17, 15) is 9.59 Å². The summed E-state index contributed by atoms with van der Waals surface area (Å²) in [5.74, 6) is -0.552. The lowest BCUT2D eigenvalue weighted by atomic mass is 10.1. The van der Waals surface area contributed by atoms with E-state index in [0.717, 1.165) is 20.2 Å². The molecule has 6 nitrogen and oxygen atoms in total. The average Bonchev–Trinajstić information content (AvgIpc) is 3.58. The third-order valence-electron chi connectivity index (χ3n) is 5.90. The lowest BCUT2D eigenvalue weighted by Crippen LogP contribution is -2.08. The Kier molecular flexibility index (Phi) is 7.29. The first-order valence-electron chi connectivity index (χ1n) is 11.9. The van der Waals surface area contributed by atoms with Crippen molar-refractivity contribution in [2.75, 3.05) is 6.61 Å². The van der Waals surface area contributed by atoms with E-state index >= 15 is 0 Å². The van der Waals surface area contributed by atoms with Gasteiger partial charge in [-0.3, -0.25) is 0 Å². The Balaban J connectivity index is 1.29. The summed E-state index contributed by atoms with van der Waals surface area (Å²) in [6.07, 6.45) is 1.57. The minimum absolute atomic E-state index is 0.103. The zero-order valence-electron chi connectivity index (χ0n) is 20.5. The summed E-state index contributed by atoms with van der Waals surface area (Å²) >= 11 is 21.7. The van der Waals surface area contributed by atoms with Gasteiger partial charge in [0.25, 0.3) is 0 Å². The fourth-order valence-electron chi connectivity index (χ4n) is 4.10. The predicted octanol–water partition coefficient (Wildman–Crippen LogP) is 9.04. The fraction of sp³-hybridized carbons (Fsp3) is 0.0690. The van der Waals surface area contributed by atoms with Crippen molar-refractivity contribution in [1.29, 1.82) is 0 Å². The minimum atomic E-state index is -0.622. The highest BCUT2D eigenvalue weighted by Crippen LogP contribution is 2.39. The van der Waals surface area contributed by atoms with E-state index in [-0.39, 0.29) is 22.2 Å². The first-order chi connectivity index (χ1) is 19.3. The van der Waals surface area contributed by atoms with Crippen LogP contribution in [0.3, 0.4) is 0 Å². The number of esters is 2. The van der Waals surface area contributed by atoms with Crippen molar-refractivity contribution >= 4 is 102 Å². The van der Waals surface area contributed by atoms with E-state index in [1.165, 1.54) is 22.7 Å². The van der Waals surface area contributed by atoms with Gasteiger partial charge in [0.05, 0.1) is 16.7 Å². The van der Waals surface area contributed by atoms with Crippen molar-refractivity contribution in [3.63, 3.8) is 0 Å². The molecular formula is C29H16Cl3NO5S2. The van der Waals surface area contributed by atoms with Crippen molar-refractivity contribution in [3.8, 4) is 11.5 Å². The Morgan fingerprint density at radius 3 is 2.55 bits per heavy atom. The monoisotopic (exact) mass is 627 g/mol. The molecule has 1 aliphatic rings. The van der Waals surface area contributed by atoms with Crippen molar-refractivity contribution in [1.82, 2.24) is 0 Å². The van der Waals surface area contributed by atoms with Gasteiger partial charge in [0, 0.05) is 25.2 Å². The minimum Gasteiger partial charge on any atom is -0.490 e. The van der Waals surface area contributed by atoms with E-state index in [1.54, 1.807) is 42.5 Å². The second-order valence-corrected chi connectivity index (χ2v) is 11.8. The van der Waals surface area contributed by atoms with Gasteiger partial charge in [0.1, 0.15) is 9.75 Å². The van der Waals surface area contributed by atoms with Crippen LogP contribution < -0.4 is 9.47 Å². The van der Waals surface area contributed by atoms with Crippen LogP contribution in [0.1, 0.15) is 27.0 Å². The topological polar surface area (TPSA) is 74.2 Å². The molecule has 0 bridgehead atoms. The fourth-order valence-corrected chi connectivity index (χ4v) is 7.20. The second-order valence-electron chi connectivity index (χ2n) is 8.49. The Morgan fingerprint density at radius 2 is 1.75 bits per heavy atom. The molecule has 11 heteroatoms. The van der Waals surface area contributed by atoms with Gasteiger partial charge in [-0.15, -0.1) is 22.7 Å². The number of carbonyl (C=O) groups excluding carboxylic acids is 2. The molecule has 0 fully saturated rings. The molecule has 0 spiro atoms. The van der Waals surface area contributed by atoms with Crippen molar-refractivity contribution in [2.24, 2.45) is 4.99 Å². The van der Waals surface area contributed by atoms with Crippen LogP contribution in [0.25, 0.3) is 26.2 Å². The summed E-state index contributed by atoms with van der Waals surface area (Å²) in [6, 6.07) is 17.8. The SMILES string of the molecule is CCOc1cc(/C=C2/N=C(c3sc4ccccc4c3Cl)OC2=O)ccc1OC(=O)c1sc2cc(Cl)ccc2c1Cl. The normalized spacial score (nSPS) is 14.2. The van der Waals surface area contributed by atoms with Crippen LogP contribution in [-0.4, -0.2) is 24.4 Å². The van der Waals surface area contributed by atoms with Crippen LogP contribution in [0, 0.1) is 0 Å². The summed E-state index contributed by atoms with van der Waals surface area (Å²) in [5, 5.41) is 2.92. The summed E-state index contributed by atoms with van der Waals surface area (Å²) in [5.41, 5.74) is 0.698. The summed E-state index contributed by atoms with van der Waals surface area (Å²) < 4.78 is 18.6. The number of benzene rings is 3. The molecule has 40 heavy (non-hydrogen) atoms. The van der Waals surface area contributed by atoms with E-state index < -0.39 is 11.9 Å². The van der Waals surface area contributed by atoms with Gasteiger partial charge in [-0.1, -0.05) is 65.1 Å². The standard InChI is InChI=1S/C29H16Cl3NO5S2/c1-2-36-20-12-14(7-10-19(20)37-29(35)26-24(32)17-9-8-15(30)13-22(17)40-26)11-18-28(34)38-27(33-18)25-23(31)16-5-3-4-6-21(16)39-25/h3-13H,2H2,1H3/b18-11+. The number of ether oxygens (including phenoxy) is 3. The molecule has 0 unspecified atom stereocenters. The first kappa shape index (κ1) is 26.8. The van der Waals surface area contributed by atoms with Crippen LogP contribution in [0.5, 0.6) is 11.5 Å². The van der Waals surface area contributed by atoms with E-state index in [4.69, 9.17) is 49.0 Å². The summed E-state index contributed by atoms with van der Waals surface area (Å²) in [6.45, 7) is 2.13. The number of hydrogen-bond donors (Lipinski definition) is 0. The molecule has 2 aromatic heterocycles. The molecule has 0 atom stereocenters. The number of hydrogen-bond acceptors (Lipinski definition) is 8. The smallest absolute Gasteiger partial charge is 0.363 e. The Morgan fingerprint density at radius 1 is 0.950 bits per heavy atom. The molecule has 0 saturated heterocycles. The number of halogens is 3. The quantitative estimate of drug-likeness (QED) is 0.107. The third-order valence-corrected chi connectivity index (χ3v) is 9.44. The summed E-state index contributed by atoms with van der Waals surface area (Å²) in [7, 11) is 0. The van der Waals surface area contributed by atoms with Crippen LogP contribution in [0.15, 0.2) is 71.4 Å². The number of aliphatic imine (C=N–C) groups is 1. The van der Waals surface area contributed by atoms with Crippen LogP contribution in [-0.2, 0) is 9.53 Å². The largest absolute Gasteiger partial charge is 0.490 e. The maximum Gasteiger partial charge on any atom is 0.363 e. The van der Waals surface area contributed by atoms with Crippen molar-refractivity contribution in [2.45, 2.75) is 6.92 Å². The number of nitrogens with zero attached hydrogens (tertiary/aromatic N) is 1. The van der Waals surface area contributed by atoms with Gasteiger partial charge >= 0.3 is 11.9 Å². The number of thiophene rings is 2. The molecule has 0 radical (unpaired) electrons. The lowest BCUT2D eigenvalue weighted by molar-refractivity contribution is -0.129. The van der Waals surface area contributed by atoms with Gasteiger partial charge in [-0.25, -0.2) is 14.6 Å². The lowest BCUT2D eigenvalue weighted by Gasteiger charge is -2.11. The number of rotatable bonds is 6. The van der Waals surface area contributed by atoms with Crippen molar-refractivity contribution in [3.05, 3.63) is 96.7 Å². The zero-order chi connectivity index (χ0) is 28.0. The molecule has 1 aliphatic heterocycles. The maximum absolute atomic E-state index is 13.0. The number of carbonyl (C=O) groups is 2. The molecule has 5 aromatic rings. The van der Waals surface area contributed by atoms with E-state index in [2.05, 4.69) is 4.99 Å². The highest BCUT2D eigenvalue weighted by atomic mass is 35.5. The molecule has 0 amide bonds. The van der Waals surface area contributed by atoms with Crippen LogP contribution in [0.4, 0.5) is 0 Å². The van der Waals surface area contributed by atoms with Gasteiger partial charge in [0.2, 0.25) is 5.90 Å². The number of fused-ring (bicyclic) bond motifs is 2. The van der Waals surface area contributed by atoms with Gasteiger partial charge in [0.15, 0.2) is 17.2 Å². The molecule has 0 saturated carbocycles. The van der Waals surface area contributed by atoms with Gasteiger partial charge < -0.3 is 14.2 Å². The Labute approximate surface area is 251 Å². The zero-order valence-corrected chi connectivity index (χ0v) is 24.4. The first-order valence-corrected chi connectivity index (χ1v) is 14.7. The molecule has 200 valence electrons. The van der Waals surface area contributed by atoms with E-state index in [1.807, 2.05) is 31.2 Å². The Bertz CT molecular complexity index is 1910. The Hall–Kier alpha value is -3.40. The molecule has 0 N–H and O–H groups in total. The van der Waals surface area contributed by atoms with Crippen LogP contribution in [0.2, 0.25) is 15.1 Å². The second kappa shape index (κ2) is 10.9. The van der Waals surface area contributed by atoms with E-state index in [0.29, 0.717) is 37.9 Å². The number of cyclic esters (lactones) is 1. The molecule has 0 aliphatic carbocycles. The van der Waals surface area contributed by atoms with Gasteiger partial charge in [-0.2, -0.15) is 0 Å². The third kappa shape index (κ3) is 4.98. The van der Waals surface area contributed by atoms with Crippen molar-refractivity contribution < 1.29 is 23.8 Å². The highest BCUT2D eigenvalue weighted by molar-refractivity contribution is 7.22. The average molecular weight is 629 g/mol. The molecule has 6 rings (SSSR count). The maximum atomic E-state index is 13.0. The molecular weight excluding hydrogens is 613 g/mol. The van der Waals surface area contributed by atoms with Gasteiger partial charge in [-0.05, 0) is 48.9 Å². The summed E-state index contributed by atoms with van der Waals surface area (Å²) in [4.78, 5) is 30.9.